The predicted octanol–water partition coefficient (Wildman–Crippen LogP) is 5.22. The second kappa shape index (κ2) is 8.13. The first-order chi connectivity index (χ1) is 13.3. The Morgan fingerprint density at radius 2 is 1.89 bits per heavy atom. The van der Waals surface area contributed by atoms with Crippen LogP contribution in [-0.4, -0.2) is 22.9 Å². The maximum atomic E-state index is 13.7. The molecule has 0 saturated carbocycles. The molecule has 0 spiro atoms. The second-order valence-corrected chi connectivity index (χ2v) is 7.68. The highest BCUT2D eigenvalue weighted by molar-refractivity contribution is 5.88. The molecule has 3 rings (SSSR count). The molecule has 1 aliphatic rings. The zero-order valence-corrected chi connectivity index (χ0v) is 16.8. The number of aliphatic carboxylic acids is 1. The molecule has 0 amide bonds. The number of benzene rings is 2. The normalized spacial score (nSPS) is 18.7. The van der Waals surface area contributed by atoms with E-state index in [4.69, 9.17) is 9.94 Å². The van der Waals surface area contributed by atoms with Crippen LogP contribution in [0.5, 0.6) is 0 Å². The largest absolute Gasteiger partial charge is 0.481 e. The van der Waals surface area contributed by atoms with Gasteiger partial charge >= 0.3 is 5.97 Å². The number of nitrogens with zero attached hydrogens (tertiary/aromatic N) is 1. The van der Waals surface area contributed by atoms with Gasteiger partial charge in [0.1, 0.15) is 11.9 Å². The molecule has 5 heteroatoms. The van der Waals surface area contributed by atoms with Gasteiger partial charge in [-0.15, -0.1) is 0 Å². The molecule has 2 unspecified atom stereocenters. The third-order valence-corrected chi connectivity index (χ3v) is 5.48. The summed E-state index contributed by atoms with van der Waals surface area (Å²) in [6.07, 6.45) is 1.03. The fourth-order valence-corrected chi connectivity index (χ4v) is 3.84. The van der Waals surface area contributed by atoms with Crippen LogP contribution in [0.25, 0.3) is 11.1 Å². The van der Waals surface area contributed by atoms with Gasteiger partial charge in [-0.05, 0) is 73.6 Å². The van der Waals surface area contributed by atoms with Crippen LogP contribution in [0.1, 0.15) is 42.0 Å². The number of carboxylic acid groups (broad SMARTS) is 1. The summed E-state index contributed by atoms with van der Waals surface area (Å²) in [4.78, 5) is 16.3. The van der Waals surface area contributed by atoms with Crippen LogP contribution in [0.2, 0.25) is 0 Å². The Hall–Kier alpha value is -2.69. The topological polar surface area (TPSA) is 58.9 Å². The number of hydrogen-bond donors (Lipinski definition) is 1. The van der Waals surface area contributed by atoms with E-state index in [0.29, 0.717) is 12.0 Å². The Bertz CT molecular complexity index is 936. The van der Waals surface area contributed by atoms with Crippen LogP contribution in [0.4, 0.5) is 4.39 Å². The highest BCUT2D eigenvalue weighted by Gasteiger charge is 2.31. The van der Waals surface area contributed by atoms with E-state index in [1.54, 1.807) is 6.92 Å². The number of rotatable bonds is 6. The Kier molecular flexibility index (Phi) is 5.82. The average Bonchev–Trinajstić information content (AvgIpc) is 2.95. The fraction of sp³-hybridized carbons (Fsp3) is 0.391. The molecule has 1 aliphatic heterocycles. The third kappa shape index (κ3) is 4.24. The van der Waals surface area contributed by atoms with Crippen molar-refractivity contribution in [2.75, 3.05) is 0 Å². The van der Waals surface area contributed by atoms with Gasteiger partial charge in [-0.3, -0.25) is 4.79 Å². The van der Waals surface area contributed by atoms with E-state index in [1.165, 1.54) is 17.2 Å². The van der Waals surface area contributed by atoms with Crippen LogP contribution in [0.15, 0.2) is 35.5 Å². The van der Waals surface area contributed by atoms with Gasteiger partial charge in [-0.1, -0.05) is 35.8 Å². The summed E-state index contributed by atoms with van der Waals surface area (Å²) < 4.78 is 13.7. The number of oxime groups is 1. The molecular weight excluding hydrogens is 357 g/mol. The van der Waals surface area contributed by atoms with Gasteiger partial charge in [0.25, 0.3) is 0 Å². The minimum Gasteiger partial charge on any atom is -0.481 e. The first kappa shape index (κ1) is 20.1. The minimum absolute atomic E-state index is 0.0154. The Morgan fingerprint density at radius 3 is 2.57 bits per heavy atom. The van der Waals surface area contributed by atoms with Gasteiger partial charge in [0.15, 0.2) is 0 Å². The van der Waals surface area contributed by atoms with Crippen molar-refractivity contribution < 1.29 is 19.1 Å². The van der Waals surface area contributed by atoms with E-state index < -0.39 is 12.1 Å². The lowest BCUT2D eigenvalue weighted by Crippen LogP contribution is -2.23. The van der Waals surface area contributed by atoms with Gasteiger partial charge in [0, 0.05) is 5.92 Å². The highest BCUT2D eigenvalue weighted by Crippen LogP contribution is 2.31. The number of aryl methyl sites for hydroxylation is 3. The van der Waals surface area contributed by atoms with Gasteiger partial charge < -0.3 is 9.94 Å². The summed E-state index contributed by atoms with van der Waals surface area (Å²) in [5.41, 5.74) is 7.18. The molecule has 0 aromatic heterocycles. The molecule has 0 saturated heterocycles. The standard InChI is InChI=1S/C23H26FNO3/c1-13-9-14(2)18(19(10-13)17-5-7-20(24)15(3)11-17)6-8-21-16(4)22(28-25-21)12-23(26)27/h5,7,9-11,16,22H,6,8,12H2,1-4H3,(H,26,27). The summed E-state index contributed by atoms with van der Waals surface area (Å²) in [5, 5.41) is 13.1. The monoisotopic (exact) mass is 383 g/mol. The number of carboxylic acids is 1. The van der Waals surface area contributed by atoms with Crippen molar-refractivity contribution in [1.82, 2.24) is 0 Å². The van der Waals surface area contributed by atoms with Crippen molar-refractivity contribution in [2.24, 2.45) is 11.1 Å². The lowest BCUT2D eigenvalue weighted by Gasteiger charge is -2.16. The van der Waals surface area contributed by atoms with Crippen molar-refractivity contribution in [3.63, 3.8) is 0 Å². The quantitative estimate of drug-likeness (QED) is 0.744. The summed E-state index contributed by atoms with van der Waals surface area (Å²) in [7, 11) is 0. The van der Waals surface area contributed by atoms with E-state index in [1.807, 2.05) is 19.1 Å². The van der Waals surface area contributed by atoms with Crippen LogP contribution >= 0.6 is 0 Å². The van der Waals surface area contributed by atoms with Crippen LogP contribution in [0.3, 0.4) is 0 Å². The lowest BCUT2D eigenvalue weighted by atomic mass is 9.87. The second-order valence-electron chi connectivity index (χ2n) is 7.68. The zero-order chi connectivity index (χ0) is 20.4. The predicted molar refractivity (Wildman–Crippen MR) is 108 cm³/mol. The van der Waals surface area contributed by atoms with Crippen LogP contribution < -0.4 is 0 Å². The van der Waals surface area contributed by atoms with E-state index >= 15 is 0 Å². The first-order valence-corrected chi connectivity index (χ1v) is 9.57. The molecule has 0 bridgehead atoms. The Balaban J connectivity index is 1.84. The van der Waals surface area contributed by atoms with E-state index in [9.17, 15) is 9.18 Å². The molecule has 0 fully saturated rings. The molecule has 28 heavy (non-hydrogen) atoms. The lowest BCUT2D eigenvalue weighted by molar-refractivity contribution is -0.140. The van der Waals surface area contributed by atoms with Crippen LogP contribution in [-0.2, 0) is 16.1 Å². The maximum Gasteiger partial charge on any atom is 0.307 e. The highest BCUT2D eigenvalue weighted by atomic mass is 19.1. The summed E-state index contributed by atoms with van der Waals surface area (Å²) >= 11 is 0. The number of carbonyl (C=O) groups is 1. The Labute approximate surface area is 165 Å². The molecule has 2 aromatic rings. The molecule has 0 aliphatic carbocycles. The SMILES string of the molecule is Cc1cc(C)c(CCC2=NOC(CC(=O)O)C2C)c(-c2ccc(F)c(C)c2)c1. The molecule has 4 nitrogen and oxygen atoms in total. The maximum absolute atomic E-state index is 13.7. The number of hydrogen-bond acceptors (Lipinski definition) is 3. The fourth-order valence-electron chi connectivity index (χ4n) is 3.84. The molecule has 2 aromatic carbocycles. The molecule has 1 N–H and O–H groups in total. The molecule has 1 heterocycles. The zero-order valence-electron chi connectivity index (χ0n) is 16.8. The summed E-state index contributed by atoms with van der Waals surface area (Å²) in [6, 6.07) is 9.51. The van der Waals surface area contributed by atoms with Crippen molar-refractivity contribution >= 4 is 11.7 Å². The summed E-state index contributed by atoms with van der Waals surface area (Å²) in [5.74, 6) is -1.10. The van der Waals surface area contributed by atoms with Crippen molar-refractivity contribution in [2.45, 2.75) is 53.1 Å². The third-order valence-electron chi connectivity index (χ3n) is 5.48. The Morgan fingerprint density at radius 1 is 1.14 bits per heavy atom. The van der Waals surface area contributed by atoms with Gasteiger partial charge in [0.05, 0.1) is 12.1 Å². The van der Waals surface area contributed by atoms with E-state index in [0.717, 1.165) is 28.8 Å². The average molecular weight is 383 g/mol. The minimum atomic E-state index is -0.878. The van der Waals surface area contributed by atoms with Gasteiger partial charge in [0.2, 0.25) is 0 Å². The summed E-state index contributed by atoms with van der Waals surface area (Å²) in [6.45, 7) is 7.89. The first-order valence-electron chi connectivity index (χ1n) is 9.57. The van der Waals surface area contributed by atoms with Crippen molar-refractivity contribution in [3.8, 4) is 11.1 Å². The van der Waals surface area contributed by atoms with Gasteiger partial charge in [-0.25, -0.2) is 4.39 Å². The smallest absolute Gasteiger partial charge is 0.307 e. The van der Waals surface area contributed by atoms with Gasteiger partial charge in [-0.2, -0.15) is 0 Å². The number of halogens is 1. The van der Waals surface area contributed by atoms with Crippen LogP contribution in [0, 0.1) is 32.5 Å². The van der Waals surface area contributed by atoms with Crippen molar-refractivity contribution in [1.29, 1.82) is 0 Å². The molecule has 2 atom stereocenters. The molecular formula is C23H26FNO3. The molecule has 0 radical (unpaired) electrons. The van der Waals surface area contributed by atoms with E-state index in [2.05, 4.69) is 31.1 Å². The molecule has 148 valence electrons. The van der Waals surface area contributed by atoms with E-state index in [-0.39, 0.29) is 18.2 Å². The van der Waals surface area contributed by atoms with Crippen molar-refractivity contribution in [3.05, 3.63) is 58.4 Å².